The van der Waals surface area contributed by atoms with E-state index >= 15 is 0 Å². The monoisotopic (exact) mass is 422 g/mol. The Morgan fingerprint density at radius 3 is 2.73 bits per heavy atom. The summed E-state index contributed by atoms with van der Waals surface area (Å²) in [4.78, 5) is 31.2. The third kappa shape index (κ3) is 4.07. The van der Waals surface area contributed by atoms with Gasteiger partial charge in [0.2, 0.25) is 0 Å². The third-order valence-corrected chi connectivity index (χ3v) is 6.01. The van der Waals surface area contributed by atoms with E-state index in [1.165, 1.54) is 31.0 Å². The molecule has 0 aliphatic carbocycles. The van der Waals surface area contributed by atoms with Crippen molar-refractivity contribution in [2.45, 2.75) is 17.2 Å². The predicted molar refractivity (Wildman–Crippen MR) is 113 cm³/mol. The maximum atomic E-state index is 13.3. The molecule has 1 aromatic heterocycles. The number of methoxy groups -OCH3 is 1. The van der Waals surface area contributed by atoms with Crippen molar-refractivity contribution >= 4 is 29.3 Å². The number of hydrogen-bond donors (Lipinski definition) is 0. The molecule has 3 aromatic rings. The van der Waals surface area contributed by atoms with E-state index in [4.69, 9.17) is 4.74 Å². The summed E-state index contributed by atoms with van der Waals surface area (Å²) >= 11 is 1.44. The number of fused-ring (bicyclic) bond motifs is 1. The lowest BCUT2D eigenvalue weighted by Gasteiger charge is -2.19. The molecule has 0 saturated heterocycles. The van der Waals surface area contributed by atoms with Gasteiger partial charge >= 0.3 is 5.97 Å². The first-order valence-corrected chi connectivity index (χ1v) is 10.4. The van der Waals surface area contributed by atoms with Crippen LogP contribution in [0.25, 0.3) is 0 Å². The number of nitrogens with zero attached hydrogens (tertiary/aromatic N) is 2. The van der Waals surface area contributed by atoms with Crippen LogP contribution in [0.15, 0.2) is 65.8 Å². The van der Waals surface area contributed by atoms with Crippen molar-refractivity contribution in [3.8, 4) is 0 Å². The molecule has 7 heteroatoms. The van der Waals surface area contributed by atoms with Crippen LogP contribution >= 0.6 is 11.8 Å². The van der Waals surface area contributed by atoms with Crippen LogP contribution in [0, 0.1) is 5.82 Å². The van der Waals surface area contributed by atoms with Gasteiger partial charge in [-0.1, -0.05) is 12.1 Å². The molecule has 5 nitrogen and oxygen atoms in total. The molecule has 0 fully saturated rings. The third-order valence-electron chi connectivity index (χ3n) is 4.93. The Kier molecular flexibility index (Phi) is 5.81. The number of thioether (sulfide) groups is 1. The number of aromatic nitrogens is 1. The van der Waals surface area contributed by atoms with Gasteiger partial charge in [0, 0.05) is 24.2 Å². The first-order valence-electron chi connectivity index (χ1n) is 9.42. The second-order valence-corrected chi connectivity index (χ2v) is 7.78. The van der Waals surface area contributed by atoms with E-state index < -0.39 is 5.97 Å². The van der Waals surface area contributed by atoms with Gasteiger partial charge in [0.05, 0.1) is 18.2 Å². The second kappa shape index (κ2) is 8.67. The number of esters is 1. The predicted octanol–water partition coefficient (Wildman–Crippen LogP) is 4.50. The first kappa shape index (κ1) is 20.1. The lowest BCUT2D eigenvalue weighted by molar-refractivity contribution is 0.0600. The number of pyridine rings is 1. The van der Waals surface area contributed by atoms with Crippen LogP contribution in [0.1, 0.15) is 31.8 Å². The van der Waals surface area contributed by atoms with Crippen molar-refractivity contribution in [1.82, 2.24) is 4.98 Å². The summed E-state index contributed by atoms with van der Waals surface area (Å²) in [6.45, 7) is 0.537. The molecular formula is C23H19FN2O3S. The number of carbonyl (C=O) groups is 2. The average molecular weight is 422 g/mol. The molecule has 1 aliphatic heterocycles. The average Bonchev–Trinajstić information content (AvgIpc) is 3.21. The molecular weight excluding hydrogens is 403 g/mol. The Balaban J connectivity index is 1.55. The van der Waals surface area contributed by atoms with E-state index in [9.17, 15) is 14.0 Å². The van der Waals surface area contributed by atoms with Crippen LogP contribution in [0.2, 0.25) is 0 Å². The molecule has 30 heavy (non-hydrogen) atoms. The lowest BCUT2D eigenvalue weighted by Crippen LogP contribution is -2.29. The molecule has 0 bridgehead atoms. The van der Waals surface area contributed by atoms with E-state index in [0.29, 0.717) is 34.9 Å². The van der Waals surface area contributed by atoms with E-state index in [-0.39, 0.29) is 11.7 Å². The SMILES string of the molecule is COC(=O)c1ccc2c(c1)CCN2C(=O)c1cccnc1SCc1ccc(F)cc1. The van der Waals surface area contributed by atoms with Crippen LogP contribution in [0.3, 0.4) is 0 Å². The van der Waals surface area contributed by atoms with Crippen molar-refractivity contribution < 1.29 is 18.7 Å². The van der Waals surface area contributed by atoms with Gasteiger partial charge in [0.1, 0.15) is 10.8 Å². The van der Waals surface area contributed by atoms with Crippen molar-refractivity contribution in [3.63, 3.8) is 0 Å². The van der Waals surface area contributed by atoms with Crippen LogP contribution in [0.5, 0.6) is 0 Å². The van der Waals surface area contributed by atoms with Crippen LogP contribution < -0.4 is 4.90 Å². The highest BCUT2D eigenvalue weighted by Gasteiger charge is 2.28. The zero-order chi connectivity index (χ0) is 21.1. The van der Waals surface area contributed by atoms with E-state index in [1.54, 1.807) is 53.6 Å². The van der Waals surface area contributed by atoms with Gasteiger partial charge in [-0.3, -0.25) is 4.79 Å². The number of halogens is 1. The number of ether oxygens (including phenoxy) is 1. The van der Waals surface area contributed by atoms with E-state index in [2.05, 4.69) is 4.98 Å². The number of rotatable bonds is 5. The van der Waals surface area contributed by atoms with Gasteiger partial charge in [0.15, 0.2) is 0 Å². The molecule has 0 unspecified atom stereocenters. The highest BCUT2D eigenvalue weighted by molar-refractivity contribution is 7.98. The van der Waals surface area contributed by atoms with Gasteiger partial charge < -0.3 is 9.64 Å². The number of carbonyl (C=O) groups excluding carboxylic acids is 2. The standard InChI is InChI=1S/C23H19FN2O3S/c1-29-23(28)17-6-9-20-16(13-17)10-12-26(20)22(27)19-3-2-11-25-21(19)30-14-15-4-7-18(24)8-5-15/h2-9,11,13H,10,12,14H2,1H3. The quantitative estimate of drug-likeness (QED) is 0.448. The molecule has 152 valence electrons. The molecule has 0 atom stereocenters. The second-order valence-electron chi connectivity index (χ2n) is 6.81. The molecule has 4 rings (SSSR count). The maximum Gasteiger partial charge on any atom is 0.337 e. The number of benzene rings is 2. The summed E-state index contributed by atoms with van der Waals surface area (Å²) in [5, 5.41) is 0.631. The highest BCUT2D eigenvalue weighted by atomic mass is 32.2. The smallest absolute Gasteiger partial charge is 0.337 e. The zero-order valence-electron chi connectivity index (χ0n) is 16.3. The van der Waals surface area contributed by atoms with E-state index in [1.807, 2.05) is 0 Å². The Bertz CT molecular complexity index is 1100. The first-order chi connectivity index (χ1) is 14.6. The number of amides is 1. The highest BCUT2D eigenvalue weighted by Crippen LogP contribution is 2.32. The zero-order valence-corrected chi connectivity index (χ0v) is 17.1. The van der Waals surface area contributed by atoms with E-state index in [0.717, 1.165) is 16.8 Å². The Hall–Kier alpha value is -3.19. The summed E-state index contributed by atoms with van der Waals surface area (Å²) in [5.74, 6) is -0.222. The van der Waals surface area contributed by atoms with Gasteiger partial charge in [-0.05, 0) is 60.0 Å². The molecule has 0 radical (unpaired) electrons. The molecule has 0 N–H and O–H groups in total. The van der Waals surface area contributed by atoms with Crippen LogP contribution in [-0.4, -0.2) is 30.5 Å². The van der Waals surface area contributed by atoms with Crippen molar-refractivity contribution in [2.75, 3.05) is 18.6 Å². The number of anilines is 1. The molecule has 0 spiro atoms. The fraction of sp³-hybridized carbons (Fsp3) is 0.174. The fourth-order valence-corrected chi connectivity index (χ4v) is 4.35. The lowest BCUT2D eigenvalue weighted by atomic mass is 10.1. The van der Waals surface area contributed by atoms with Gasteiger partial charge in [-0.25, -0.2) is 14.2 Å². The summed E-state index contributed by atoms with van der Waals surface area (Å²) in [5.41, 5.74) is 3.69. The molecule has 2 heterocycles. The van der Waals surface area contributed by atoms with Crippen molar-refractivity contribution in [1.29, 1.82) is 0 Å². The minimum atomic E-state index is -0.394. The summed E-state index contributed by atoms with van der Waals surface area (Å²) in [6.07, 6.45) is 2.33. The van der Waals surface area contributed by atoms with Gasteiger partial charge in [-0.15, -0.1) is 11.8 Å². The normalized spacial score (nSPS) is 12.5. The minimum absolute atomic E-state index is 0.130. The van der Waals surface area contributed by atoms with Crippen LogP contribution in [-0.2, 0) is 16.9 Å². The number of hydrogen-bond acceptors (Lipinski definition) is 5. The summed E-state index contributed by atoms with van der Waals surface area (Å²) in [6, 6.07) is 15.0. The largest absolute Gasteiger partial charge is 0.465 e. The molecule has 1 aliphatic rings. The Labute approximate surface area is 177 Å². The molecule has 0 saturated carbocycles. The minimum Gasteiger partial charge on any atom is -0.465 e. The maximum absolute atomic E-state index is 13.3. The fourth-order valence-electron chi connectivity index (χ4n) is 3.40. The van der Waals surface area contributed by atoms with Gasteiger partial charge in [0.25, 0.3) is 5.91 Å². The summed E-state index contributed by atoms with van der Waals surface area (Å²) < 4.78 is 17.9. The van der Waals surface area contributed by atoms with Crippen LogP contribution in [0.4, 0.5) is 10.1 Å². The Morgan fingerprint density at radius 1 is 1.17 bits per heavy atom. The summed E-state index contributed by atoms with van der Waals surface area (Å²) in [7, 11) is 1.35. The van der Waals surface area contributed by atoms with Crippen molar-refractivity contribution in [2.24, 2.45) is 0 Å². The van der Waals surface area contributed by atoms with Gasteiger partial charge in [-0.2, -0.15) is 0 Å². The van der Waals surface area contributed by atoms with Crippen molar-refractivity contribution in [3.05, 3.63) is 88.9 Å². The topological polar surface area (TPSA) is 59.5 Å². The Morgan fingerprint density at radius 2 is 1.97 bits per heavy atom. The molecule has 2 aromatic carbocycles. The molecule has 1 amide bonds.